The maximum Gasteiger partial charge on any atom is 0.118 e. The molecular formula is C16H20O2. The van der Waals surface area contributed by atoms with Crippen LogP contribution in [0, 0.1) is 27.7 Å². The van der Waals surface area contributed by atoms with E-state index in [1.54, 1.807) is 18.2 Å². The van der Waals surface area contributed by atoms with Crippen molar-refractivity contribution in [1.29, 1.82) is 0 Å². The van der Waals surface area contributed by atoms with E-state index in [0.29, 0.717) is 11.5 Å². The van der Waals surface area contributed by atoms with Crippen molar-refractivity contribution in [2.45, 2.75) is 27.7 Å². The zero-order valence-electron chi connectivity index (χ0n) is 11.4. The van der Waals surface area contributed by atoms with E-state index in [9.17, 15) is 0 Å². The molecular weight excluding hydrogens is 224 g/mol. The highest BCUT2D eigenvalue weighted by atomic mass is 16.3. The average molecular weight is 244 g/mol. The van der Waals surface area contributed by atoms with Gasteiger partial charge < -0.3 is 10.2 Å². The van der Waals surface area contributed by atoms with Gasteiger partial charge in [-0.2, -0.15) is 0 Å². The smallest absolute Gasteiger partial charge is 0.118 e. The Morgan fingerprint density at radius 1 is 0.667 bits per heavy atom. The molecule has 0 aromatic heterocycles. The van der Waals surface area contributed by atoms with E-state index in [0.717, 1.165) is 16.7 Å². The van der Waals surface area contributed by atoms with Gasteiger partial charge in [-0.15, -0.1) is 0 Å². The first-order valence-corrected chi connectivity index (χ1v) is 5.92. The van der Waals surface area contributed by atoms with Gasteiger partial charge in [-0.25, -0.2) is 0 Å². The number of rotatable bonds is 0. The molecule has 0 aliphatic heterocycles. The lowest BCUT2D eigenvalue weighted by Crippen LogP contribution is -1.75. The monoisotopic (exact) mass is 244 g/mol. The molecule has 2 aromatic rings. The number of phenols is 2. The quantitative estimate of drug-likeness (QED) is 0.735. The van der Waals surface area contributed by atoms with E-state index < -0.39 is 0 Å². The van der Waals surface area contributed by atoms with Crippen LogP contribution in [0.15, 0.2) is 36.4 Å². The van der Waals surface area contributed by atoms with Gasteiger partial charge in [0.05, 0.1) is 0 Å². The molecule has 2 nitrogen and oxygen atoms in total. The first-order valence-electron chi connectivity index (χ1n) is 5.92. The average Bonchev–Trinajstić information content (AvgIpc) is 2.23. The highest BCUT2D eigenvalue weighted by Gasteiger charge is 1.91. The summed E-state index contributed by atoms with van der Waals surface area (Å²) in [5, 5.41) is 18.0. The van der Waals surface area contributed by atoms with E-state index >= 15 is 0 Å². The van der Waals surface area contributed by atoms with E-state index in [1.165, 1.54) is 5.56 Å². The van der Waals surface area contributed by atoms with Gasteiger partial charge in [0.2, 0.25) is 0 Å². The van der Waals surface area contributed by atoms with Crippen LogP contribution in [0.25, 0.3) is 0 Å². The molecule has 0 amide bonds. The minimum atomic E-state index is 0.354. The molecule has 0 aliphatic rings. The molecule has 0 atom stereocenters. The van der Waals surface area contributed by atoms with Crippen LogP contribution in [-0.4, -0.2) is 10.2 Å². The third kappa shape index (κ3) is 4.50. The highest BCUT2D eigenvalue weighted by Crippen LogP contribution is 2.15. The SMILES string of the molecule is Cc1cc(C)cc(O)c1.Cc1ccc(O)c(C)c1. The maximum absolute atomic E-state index is 9.04. The Morgan fingerprint density at radius 2 is 1.22 bits per heavy atom. The van der Waals surface area contributed by atoms with Crippen molar-refractivity contribution in [2.75, 3.05) is 0 Å². The van der Waals surface area contributed by atoms with Crippen LogP contribution >= 0.6 is 0 Å². The third-order valence-electron chi connectivity index (χ3n) is 2.56. The van der Waals surface area contributed by atoms with Crippen LogP contribution in [0.1, 0.15) is 22.3 Å². The van der Waals surface area contributed by atoms with Crippen LogP contribution in [0.2, 0.25) is 0 Å². The highest BCUT2D eigenvalue weighted by molar-refractivity contribution is 5.34. The summed E-state index contributed by atoms with van der Waals surface area (Å²) < 4.78 is 0. The summed E-state index contributed by atoms with van der Waals surface area (Å²) in [6, 6.07) is 11.1. The molecule has 0 heterocycles. The Kier molecular flexibility index (Phi) is 4.78. The van der Waals surface area contributed by atoms with E-state index in [1.807, 2.05) is 45.9 Å². The van der Waals surface area contributed by atoms with Crippen molar-refractivity contribution in [2.24, 2.45) is 0 Å². The second-order valence-electron chi connectivity index (χ2n) is 4.64. The zero-order chi connectivity index (χ0) is 13.7. The van der Waals surface area contributed by atoms with Gasteiger partial charge in [-0.1, -0.05) is 23.8 Å². The Bertz CT molecular complexity index is 480. The first-order chi connectivity index (χ1) is 8.38. The topological polar surface area (TPSA) is 40.5 Å². The number of aryl methyl sites for hydroxylation is 4. The second kappa shape index (κ2) is 6.10. The molecule has 0 radical (unpaired) electrons. The van der Waals surface area contributed by atoms with Crippen molar-refractivity contribution >= 4 is 0 Å². The number of aromatic hydroxyl groups is 2. The van der Waals surface area contributed by atoms with Crippen molar-refractivity contribution in [1.82, 2.24) is 0 Å². The van der Waals surface area contributed by atoms with Crippen LogP contribution in [0.5, 0.6) is 11.5 Å². The van der Waals surface area contributed by atoms with Gasteiger partial charge >= 0.3 is 0 Å². The van der Waals surface area contributed by atoms with Gasteiger partial charge in [-0.3, -0.25) is 0 Å². The minimum Gasteiger partial charge on any atom is -0.508 e. The summed E-state index contributed by atoms with van der Waals surface area (Å²) >= 11 is 0. The summed E-state index contributed by atoms with van der Waals surface area (Å²) in [7, 11) is 0. The number of hydrogen-bond acceptors (Lipinski definition) is 2. The number of phenolic OH excluding ortho intramolecular Hbond substituents is 2. The Morgan fingerprint density at radius 3 is 1.61 bits per heavy atom. The number of benzene rings is 2. The van der Waals surface area contributed by atoms with Gasteiger partial charge in [0.25, 0.3) is 0 Å². The normalized spacial score (nSPS) is 9.56. The molecule has 0 bridgehead atoms. The van der Waals surface area contributed by atoms with E-state index in [2.05, 4.69) is 0 Å². The molecule has 0 saturated heterocycles. The lowest BCUT2D eigenvalue weighted by molar-refractivity contribution is 0.471. The fourth-order valence-electron chi connectivity index (χ4n) is 1.76. The molecule has 0 unspecified atom stereocenters. The van der Waals surface area contributed by atoms with Crippen molar-refractivity contribution in [3.05, 3.63) is 58.7 Å². The largest absolute Gasteiger partial charge is 0.508 e. The second-order valence-corrected chi connectivity index (χ2v) is 4.64. The summed E-state index contributed by atoms with van der Waals surface area (Å²) in [6.45, 7) is 7.83. The van der Waals surface area contributed by atoms with Crippen LogP contribution in [0.4, 0.5) is 0 Å². The predicted octanol–water partition coefficient (Wildman–Crippen LogP) is 4.02. The van der Waals surface area contributed by atoms with Gasteiger partial charge in [0.1, 0.15) is 11.5 Å². The van der Waals surface area contributed by atoms with Crippen molar-refractivity contribution in [3.63, 3.8) is 0 Å². The molecule has 96 valence electrons. The summed E-state index contributed by atoms with van der Waals surface area (Å²) in [5.41, 5.74) is 4.33. The van der Waals surface area contributed by atoms with Crippen LogP contribution in [-0.2, 0) is 0 Å². The minimum absolute atomic E-state index is 0.354. The maximum atomic E-state index is 9.04. The molecule has 2 N–H and O–H groups in total. The Labute approximate surface area is 109 Å². The van der Waals surface area contributed by atoms with Crippen molar-refractivity contribution < 1.29 is 10.2 Å². The van der Waals surface area contributed by atoms with Gasteiger partial charge in [0, 0.05) is 0 Å². The fraction of sp³-hybridized carbons (Fsp3) is 0.250. The standard InChI is InChI=1S/2C8H10O/c1-6-3-7(2)5-8(9)4-6;1-6-3-4-8(9)7(2)5-6/h2*3-5,9H,1-2H3. The third-order valence-corrected chi connectivity index (χ3v) is 2.56. The Hall–Kier alpha value is -1.96. The summed E-state index contributed by atoms with van der Waals surface area (Å²) in [6.07, 6.45) is 0. The van der Waals surface area contributed by atoms with Crippen LogP contribution in [0.3, 0.4) is 0 Å². The van der Waals surface area contributed by atoms with Crippen LogP contribution < -0.4 is 0 Å². The molecule has 2 rings (SSSR count). The van der Waals surface area contributed by atoms with Crippen molar-refractivity contribution in [3.8, 4) is 11.5 Å². The molecule has 0 fully saturated rings. The first kappa shape index (κ1) is 14.1. The summed E-state index contributed by atoms with van der Waals surface area (Å²) in [4.78, 5) is 0. The van der Waals surface area contributed by atoms with Gasteiger partial charge in [0.15, 0.2) is 0 Å². The molecule has 2 heteroatoms. The molecule has 18 heavy (non-hydrogen) atoms. The molecule has 0 saturated carbocycles. The number of hydrogen-bond donors (Lipinski definition) is 2. The summed E-state index contributed by atoms with van der Waals surface area (Å²) in [5.74, 6) is 0.730. The fourth-order valence-corrected chi connectivity index (χ4v) is 1.76. The molecule has 0 aliphatic carbocycles. The predicted molar refractivity (Wildman–Crippen MR) is 75.2 cm³/mol. The lowest BCUT2D eigenvalue weighted by atomic mass is 10.1. The Balaban J connectivity index is 0.000000180. The van der Waals surface area contributed by atoms with Gasteiger partial charge in [-0.05, 0) is 62.6 Å². The van der Waals surface area contributed by atoms with E-state index in [4.69, 9.17) is 10.2 Å². The molecule has 2 aromatic carbocycles. The molecule has 0 spiro atoms. The lowest BCUT2D eigenvalue weighted by Gasteiger charge is -1.97. The van der Waals surface area contributed by atoms with E-state index in [-0.39, 0.29) is 0 Å². The zero-order valence-corrected chi connectivity index (χ0v) is 11.4.